The molecule has 0 bridgehead atoms. The molecular weight excluding hydrogens is 178 g/mol. The predicted octanol–water partition coefficient (Wildman–Crippen LogP) is 1.37. The summed E-state index contributed by atoms with van der Waals surface area (Å²) in [6.07, 6.45) is 1.81. The van der Waals surface area contributed by atoms with Crippen molar-refractivity contribution in [2.75, 3.05) is 0 Å². The van der Waals surface area contributed by atoms with Gasteiger partial charge in [0, 0.05) is 18.9 Å². The highest BCUT2D eigenvalue weighted by Gasteiger charge is 2.14. The van der Waals surface area contributed by atoms with Crippen LogP contribution >= 0.6 is 11.6 Å². The standard InChI is InChI=1S/C8H8ClNO2/c1-5-8(9)6(3-10(5)2)7(12)4-11/h3-4H,1-2H3. The normalized spacial score (nSPS) is 9.92. The smallest absolute Gasteiger partial charge is 0.228 e. The molecule has 0 atom stereocenters. The molecule has 1 heterocycles. The number of aryl methyl sites for hydroxylation is 1. The molecule has 0 aliphatic rings. The SMILES string of the molecule is Cc1c(Cl)c(C(=O)C=O)cn1C. The molecule has 0 saturated carbocycles. The molecule has 0 fully saturated rings. The predicted molar refractivity (Wildman–Crippen MR) is 45.6 cm³/mol. The zero-order valence-corrected chi connectivity index (χ0v) is 7.55. The number of aldehydes is 1. The lowest BCUT2D eigenvalue weighted by Gasteiger charge is -1.92. The van der Waals surface area contributed by atoms with Gasteiger partial charge >= 0.3 is 0 Å². The van der Waals surface area contributed by atoms with Crippen molar-refractivity contribution in [2.24, 2.45) is 7.05 Å². The van der Waals surface area contributed by atoms with E-state index in [1.54, 1.807) is 24.7 Å². The van der Waals surface area contributed by atoms with Crippen molar-refractivity contribution in [1.82, 2.24) is 4.57 Å². The van der Waals surface area contributed by atoms with Gasteiger partial charge in [-0.15, -0.1) is 0 Å². The van der Waals surface area contributed by atoms with Crippen LogP contribution in [0.5, 0.6) is 0 Å². The van der Waals surface area contributed by atoms with E-state index in [2.05, 4.69) is 0 Å². The summed E-state index contributed by atoms with van der Waals surface area (Å²) in [6.45, 7) is 1.78. The van der Waals surface area contributed by atoms with Gasteiger partial charge in [-0.25, -0.2) is 0 Å². The van der Waals surface area contributed by atoms with E-state index < -0.39 is 5.78 Å². The van der Waals surface area contributed by atoms with Gasteiger partial charge in [0.1, 0.15) is 0 Å². The Balaban J connectivity index is 3.26. The first-order valence-corrected chi connectivity index (χ1v) is 3.76. The molecule has 3 nitrogen and oxygen atoms in total. The first-order valence-electron chi connectivity index (χ1n) is 3.39. The monoisotopic (exact) mass is 185 g/mol. The molecule has 1 rings (SSSR count). The molecule has 0 radical (unpaired) electrons. The molecule has 1 aromatic rings. The molecule has 0 aliphatic carbocycles. The summed E-state index contributed by atoms with van der Waals surface area (Å²) >= 11 is 5.79. The molecule has 0 aromatic carbocycles. The van der Waals surface area contributed by atoms with E-state index >= 15 is 0 Å². The quantitative estimate of drug-likeness (QED) is 0.397. The fourth-order valence-electron chi connectivity index (χ4n) is 0.932. The minimum Gasteiger partial charge on any atom is -0.353 e. The van der Waals surface area contributed by atoms with Gasteiger partial charge < -0.3 is 4.57 Å². The number of nitrogens with zero attached hydrogens (tertiary/aromatic N) is 1. The van der Waals surface area contributed by atoms with Crippen molar-refractivity contribution >= 4 is 23.7 Å². The van der Waals surface area contributed by atoms with Crippen LogP contribution in [0.4, 0.5) is 0 Å². The molecule has 0 unspecified atom stereocenters. The third-order valence-electron chi connectivity index (χ3n) is 1.78. The molecule has 0 spiro atoms. The Morgan fingerprint density at radius 2 is 2.25 bits per heavy atom. The number of carbonyl (C=O) groups excluding carboxylic acids is 2. The number of ketones is 1. The summed E-state index contributed by atoms with van der Waals surface area (Å²) in [5.41, 5.74) is 1.05. The van der Waals surface area contributed by atoms with E-state index in [0.29, 0.717) is 5.02 Å². The maximum absolute atomic E-state index is 10.9. The van der Waals surface area contributed by atoms with E-state index in [9.17, 15) is 9.59 Å². The van der Waals surface area contributed by atoms with E-state index in [4.69, 9.17) is 11.6 Å². The second-order valence-corrected chi connectivity index (χ2v) is 2.91. The van der Waals surface area contributed by atoms with Crippen LogP contribution in [0.1, 0.15) is 16.1 Å². The van der Waals surface area contributed by atoms with Crippen LogP contribution < -0.4 is 0 Å². The first kappa shape index (κ1) is 9.00. The molecule has 64 valence electrons. The van der Waals surface area contributed by atoms with Crippen LogP contribution in [-0.2, 0) is 11.8 Å². The molecule has 4 heteroatoms. The molecule has 0 saturated heterocycles. The number of halogens is 1. The Morgan fingerprint density at radius 3 is 2.58 bits per heavy atom. The topological polar surface area (TPSA) is 39.1 Å². The summed E-state index contributed by atoms with van der Waals surface area (Å²) in [7, 11) is 1.77. The Kier molecular flexibility index (Phi) is 2.33. The van der Waals surface area contributed by atoms with E-state index in [1.807, 2.05) is 0 Å². The van der Waals surface area contributed by atoms with Crippen molar-refractivity contribution < 1.29 is 9.59 Å². The van der Waals surface area contributed by atoms with Gasteiger partial charge in [-0.2, -0.15) is 0 Å². The van der Waals surface area contributed by atoms with E-state index in [1.165, 1.54) is 0 Å². The van der Waals surface area contributed by atoms with Crippen LogP contribution in [0.15, 0.2) is 6.20 Å². The molecule has 0 N–H and O–H groups in total. The van der Waals surface area contributed by atoms with E-state index in [-0.39, 0.29) is 11.8 Å². The number of aromatic nitrogens is 1. The van der Waals surface area contributed by atoms with Gasteiger partial charge in [-0.1, -0.05) is 11.6 Å². The number of Topliss-reactive ketones (excluding diaryl/α,β-unsaturated/α-hetero) is 1. The van der Waals surface area contributed by atoms with Crippen LogP contribution in [0.3, 0.4) is 0 Å². The van der Waals surface area contributed by atoms with Gasteiger partial charge in [0.15, 0.2) is 6.29 Å². The van der Waals surface area contributed by atoms with Gasteiger partial charge in [0.25, 0.3) is 0 Å². The number of carbonyl (C=O) groups is 2. The highest BCUT2D eigenvalue weighted by atomic mass is 35.5. The second kappa shape index (κ2) is 3.11. The minimum atomic E-state index is -0.580. The van der Waals surface area contributed by atoms with Gasteiger partial charge in [-0.3, -0.25) is 9.59 Å². The zero-order chi connectivity index (χ0) is 9.30. The van der Waals surface area contributed by atoms with Crippen LogP contribution in [0.25, 0.3) is 0 Å². The lowest BCUT2D eigenvalue weighted by atomic mass is 10.2. The summed E-state index contributed by atoms with van der Waals surface area (Å²) in [5.74, 6) is -0.580. The summed E-state index contributed by atoms with van der Waals surface area (Å²) in [6, 6.07) is 0. The molecular formula is C8H8ClNO2. The van der Waals surface area contributed by atoms with Crippen molar-refractivity contribution in [1.29, 1.82) is 0 Å². The summed E-state index contributed by atoms with van der Waals surface area (Å²) in [5, 5.41) is 0.356. The van der Waals surface area contributed by atoms with Crippen molar-refractivity contribution in [3.63, 3.8) is 0 Å². The number of hydrogen-bond acceptors (Lipinski definition) is 2. The van der Waals surface area contributed by atoms with Crippen LogP contribution in [-0.4, -0.2) is 16.6 Å². The zero-order valence-electron chi connectivity index (χ0n) is 6.80. The number of hydrogen-bond donors (Lipinski definition) is 0. The highest BCUT2D eigenvalue weighted by molar-refractivity contribution is 6.41. The Hall–Kier alpha value is -1.09. The highest BCUT2D eigenvalue weighted by Crippen LogP contribution is 2.21. The number of rotatable bonds is 2. The first-order chi connectivity index (χ1) is 5.57. The molecule has 0 amide bonds. The van der Waals surface area contributed by atoms with Gasteiger partial charge in [0.05, 0.1) is 10.6 Å². The molecule has 12 heavy (non-hydrogen) atoms. The van der Waals surface area contributed by atoms with Crippen LogP contribution in [0, 0.1) is 6.92 Å². The third-order valence-corrected chi connectivity index (χ3v) is 2.26. The third kappa shape index (κ3) is 1.28. The Labute approximate surface area is 74.9 Å². The second-order valence-electron chi connectivity index (χ2n) is 2.54. The summed E-state index contributed by atoms with van der Waals surface area (Å²) < 4.78 is 1.71. The van der Waals surface area contributed by atoms with Crippen molar-refractivity contribution in [3.8, 4) is 0 Å². The maximum Gasteiger partial charge on any atom is 0.228 e. The van der Waals surface area contributed by atoms with Crippen molar-refractivity contribution in [2.45, 2.75) is 6.92 Å². The summed E-state index contributed by atoms with van der Waals surface area (Å²) in [4.78, 5) is 21.1. The Morgan fingerprint density at radius 1 is 1.67 bits per heavy atom. The van der Waals surface area contributed by atoms with Gasteiger partial charge in [-0.05, 0) is 6.92 Å². The molecule has 0 aliphatic heterocycles. The minimum absolute atomic E-state index is 0.265. The Bertz CT molecular complexity index is 341. The van der Waals surface area contributed by atoms with Crippen LogP contribution in [0.2, 0.25) is 5.02 Å². The van der Waals surface area contributed by atoms with Crippen molar-refractivity contribution in [3.05, 3.63) is 22.5 Å². The lowest BCUT2D eigenvalue weighted by Crippen LogP contribution is -1.98. The van der Waals surface area contributed by atoms with Gasteiger partial charge in [0.2, 0.25) is 5.78 Å². The average Bonchev–Trinajstić information content (AvgIpc) is 2.32. The fourth-order valence-corrected chi connectivity index (χ4v) is 1.21. The lowest BCUT2D eigenvalue weighted by molar-refractivity contribution is -0.104. The molecule has 1 aromatic heterocycles. The largest absolute Gasteiger partial charge is 0.353 e. The fraction of sp³-hybridized carbons (Fsp3) is 0.250. The average molecular weight is 186 g/mol. The maximum atomic E-state index is 10.9. The van der Waals surface area contributed by atoms with E-state index in [0.717, 1.165) is 5.69 Å².